The number of imidazole rings is 1. The first-order valence-electron chi connectivity index (χ1n) is 9.92. The first-order chi connectivity index (χ1) is 14.0. The summed E-state index contributed by atoms with van der Waals surface area (Å²) in [5, 5.41) is 9.27. The summed E-state index contributed by atoms with van der Waals surface area (Å²) >= 11 is 0. The highest BCUT2D eigenvalue weighted by atomic mass is 16.5. The van der Waals surface area contributed by atoms with Crippen molar-refractivity contribution in [1.82, 2.24) is 29.4 Å². The first kappa shape index (κ1) is 19.3. The molecule has 1 fully saturated rings. The lowest BCUT2D eigenvalue weighted by molar-refractivity contribution is 0.185. The molecule has 0 unspecified atom stereocenters. The van der Waals surface area contributed by atoms with E-state index in [2.05, 4.69) is 31.9 Å². The van der Waals surface area contributed by atoms with Crippen molar-refractivity contribution >= 4 is 11.2 Å². The third-order valence-electron chi connectivity index (χ3n) is 5.57. The number of hydrogen-bond acceptors (Lipinski definition) is 7. The van der Waals surface area contributed by atoms with Crippen molar-refractivity contribution in [1.29, 1.82) is 5.26 Å². The minimum Gasteiger partial charge on any atom is -0.477 e. The summed E-state index contributed by atoms with van der Waals surface area (Å²) in [5.41, 5.74) is 3.63. The molecule has 8 heteroatoms. The summed E-state index contributed by atoms with van der Waals surface area (Å²) in [7, 11) is 4.02. The second-order valence-electron chi connectivity index (χ2n) is 7.77. The second-order valence-corrected chi connectivity index (χ2v) is 7.77. The smallest absolute Gasteiger partial charge is 0.234 e. The number of piperidine rings is 1. The van der Waals surface area contributed by atoms with E-state index in [0.29, 0.717) is 29.3 Å². The molecular formula is C21H25N7O. The Balaban J connectivity index is 1.51. The van der Waals surface area contributed by atoms with Gasteiger partial charge in [-0.25, -0.2) is 15.0 Å². The maximum atomic E-state index is 9.27. The van der Waals surface area contributed by atoms with Gasteiger partial charge in [0.05, 0.1) is 12.9 Å². The van der Waals surface area contributed by atoms with Crippen molar-refractivity contribution < 1.29 is 4.74 Å². The molecule has 0 amide bonds. The number of fused-ring (bicyclic) bond motifs is 1. The fourth-order valence-corrected chi connectivity index (χ4v) is 3.77. The fourth-order valence-electron chi connectivity index (χ4n) is 3.77. The van der Waals surface area contributed by atoms with Gasteiger partial charge in [-0.15, -0.1) is 0 Å². The summed E-state index contributed by atoms with van der Waals surface area (Å²) < 4.78 is 7.74. The number of aryl methyl sites for hydroxylation is 2. The van der Waals surface area contributed by atoms with Crippen molar-refractivity contribution in [3.05, 3.63) is 30.0 Å². The number of nitrogens with zero attached hydrogens (tertiary/aromatic N) is 7. The summed E-state index contributed by atoms with van der Waals surface area (Å²) in [5.74, 6) is 1.49. The molecular weight excluding hydrogens is 366 g/mol. The van der Waals surface area contributed by atoms with Crippen LogP contribution in [0.25, 0.3) is 22.4 Å². The van der Waals surface area contributed by atoms with Crippen LogP contribution in [0.2, 0.25) is 0 Å². The molecule has 0 N–H and O–H groups in total. The van der Waals surface area contributed by atoms with Gasteiger partial charge >= 0.3 is 0 Å². The molecule has 0 bridgehead atoms. The Morgan fingerprint density at radius 2 is 2.00 bits per heavy atom. The SMILES string of the molecule is Cc1cc(-c2nc(C#N)nc3c2ncn3C)cnc1OCCC1CCN(C)CC1. The summed E-state index contributed by atoms with van der Waals surface area (Å²) in [6.07, 6.45) is 6.93. The standard InChI is InChI=1S/C21H25N7O/c1-14-10-16(18-19-20(28(3)13-24-19)26-17(11-22)25-18)12-23-21(14)29-9-6-15-4-7-27(2)8-5-15/h10,12-13,15H,4-9H2,1-3H3. The minimum absolute atomic E-state index is 0.118. The van der Waals surface area contributed by atoms with Crippen LogP contribution < -0.4 is 4.74 Å². The summed E-state index contributed by atoms with van der Waals surface area (Å²) in [6.45, 7) is 4.99. The molecule has 150 valence electrons. The van der Waals surface area contributed by atoms with Gasteiger partial charge in [-0.05, 0) is 58.3 Å². The third kappa shape index (κ3) is 4.05. The van der Waals surface area contributed by atoms with Gasteiger partial charge in [0, 0.05) is 24.4 Å². The second kappa shape index (κ2) is 8.13. The average molecular weight is 391 g/mol. The van der Waals surface area contributed by atoms with Gasteiger partial charge in [-0.3, -0.25) is 0 Å². The lowest BCUT2D eigenvalue weighted by atomic mass is 9.94. The Bertz CT molecular complexity index is 1060. The van der Waals surface area contributed by atoms with Crippen LogP contribution in [-0.4, -0.2) is 56.1 Å². The monoisotopic (exact) mass is 391 g/mol. The molecule has 0 atom stereocenters. The van der Waals surface area contributed by atoms with Crippen molar-refractivity contribution in [2.45, 2.75) is 26.2 Å². The number of pyridine rings is 1. The lowest BCUT2D eigenvalue weighted by Crippen LogP contribution is -2.30. The number of rotatable bonds is 5. The van der Waals surface area contributed by atoms with Crippen molar-refractivity contribution in [2.75, 3.05) is 26.7 Å². The van der Waals surface area contributed by atoms with Gasteiger partial charge in [0.1, 0.15) is 17.3 Å². The van der Waals surface area contributed by atoms with Crippen molar-refractivity contribution in [3.8, 4) is 23.2 Å². The molecule has 4 rings (SSSR count). The molecule has 0 radical (unpaired) electrons. The van der Waals surface area contributed by atoms with Gasteiger partial charge in [0.2, 0.25) is 11.7 Å². The van der Waals surface area contributed by atoms with Crippen LogP contribution >= 0.6 is 0 Å². The van der Waals surface area contributed by atoms with E-state index in [4.69, 9.17) is 4.74 Å². The van der Waals surface area contributed by atoms with E-state index in [1.165, 1.54) is 25.9 Å². The summed E-state index contributed by atoms with van der Waals surface area (Å²) in [4.78, 5) is 19.9. The van der Waals surface area contributed by atoms with Crippen LogP contribution in [0.3, 0.4) is 0 Å². The van der Waals surface area contributed by atoms with Crippen LogP contribution in [0.1, 0.15) is 30.7 Å². The number of hydrogen-bond donors (Lipinski definition) is 0. The highest BCUT2D eigenvalue weighted by Gasteiger charge is 2.18. The highest BCUT2D eigenvalue weighted by molar-refractivity contribution is 5.87. The van der Waals surface area contributed by atoms with E-state index in [1.54, 1.807) is 17.1 Å². The molecule has 1 aliphatic rings. The normalized spacial score (nSPS) is 15.5. The lowest BCUT2D eigenvalue weighted by Gasteiger charge is -2.28. The largest absolute Gasteiger partial charge is 0.477 e. The molecule has 29 heavy (non-hydrogen) atoms. The predicted molar refractivity (Wildman–Crippen MR) is 109 cm³/mol. The van der Waals surface area contributed by atoms with E-state index in [-0.39, 0.29) is 5.82 Å². The Kier molecular flexibility index (Phi) is 5.41. The molecule has 1 aliphatic heterocycles. The zero-order valence-corrected chi connectivity index (χ0v) is 17.1. The van der Waals surface area contributed by atoms with Gasteiger partial charge < -0.3 is 14.2 Å². The molecule has 8 nitrogen and oxygen atoms in total. The van der Waals surface area contributed by atoms with E-state index in [9.17, 15) is 5.26 Å². The number of nitriles is 1. The number of ether oxygens (including phenoxy) is 1. The van der Waals surface area contributed by atoms with Crippen molar-refractivity contribution in [3.63, 3.8) is 0 Å². The number of aromatic nitrogens is 5. The molecule has 3 aromatic rings. The van der Waals surface area contributed by atoms with Gasteiger partial charge in [-0.1, -0.05) is 0 Å². The average Bonchev–Trinajstić information content (AvgIpc) is 3.10. The molecule has 3 aromatic heterocycles. The molecule has 1 saturated heterocycles. The maximum absolute atomic E-state index is 9.27. The highest BCUT2D eigenvalue weighted by Crippen LogP contribution is 2.28. The Morgan fingerprint density at radius 3 is 2.72 bits per heavy atom. The molecule has 0 spiro atoms. The third-order valence-corrected chi connectivity index (χ3v) is 5.57. The fraction of sp³-hybridized carbons (Fsp3) is 0.476. The Labute approximate surface area is 170 Å². The van der Waals surface area contributed by atoms with Gasteiger partial charge in [0.15, 0.2) is 5.65 Å². The maximum Gasteiger partial charge on any atom is 0.234 e. The minimum atomic E-state index is 0.118. The van der Waals surface area contributed by atoms with E-state index < -0.39 is 0 Å². The summed E-state index contributed by atoms with van der Waals surface area (Å²) in [6, 6.07) is 4.00. The van der Waals surface area contributed by atoms with Crippen LogP contribution in [0, 0.1) is 24.2 Å². The van der Waals surface area contributed by atoms with E-state index in [1.807, 2.05) is 26.1 Å². The van der Waals surface area contributed by atoms with E-state index >= 15 is 0 Å². The predicted octanol–water partition coefficient (Wildman–Crippen LogP) is 2.72. The van der Waals surface area contributed by atoms with Gasteiger partial charge in [-0.2, -0.15) is 10.2 Å². The van der Waals surface area contributed by atoms with Crippen LogP contribution in [0.15, 0.2) is 18.6 Å². The van der Waals surface area contributed by atoms with Crippen LogP contribution in [-0.2, 0) is 7.05 Å². The Morgan fingerprint density at radius 1 is 1.21 bits per heavy atom. The zero-order chi connectivity index (χ0) is 20.4. The first-order valence-corrected chi connectivity index (χ1v) is 9.92. The topological polar surface area (TPSA) is 92.8 Å². The Hall–Kier alpha value is -3.05. The molecule has 0 saturated carbocycles. The quantitative estimate of drug-likeness (QED) is 0.660. The van der Waals surface area contributed by atoms with Crippen LogP contribution in [0.4, 0.5) is 0 Å². The number of likely N-dealkylation sites (tertiary alicyclic amines) is 1. The van der Waals surface area contributed by atoms with E-state index in [0.717, 1.165) is 23.5 Å². The molecule has 0 aromatic carbocycles. The van der Waals surface area contributed by atoms with Gasteiger partial charge in [0.25, 0.3) is 0 Å². The van der Waals surface area contributed by atoms with Crippen molar-refractivity contribution in [2.24, 2.45) is 13.0 Å². The zero-order valence-electron chi connectivity index (χ0n) is 17.1. The molecule has 4 heterocycles. The van der Waals surface area contributed by atoms with Crippen LogP contribution in [0.5, 0.6) is 5.88 Å². The molecule has 0 aliphatic carbocycles.